The average Bonchev–Trinajstić information content (AvgIpc) is 2.52. The average molecular weight is 292 g/mol. The fraction of sp³-hybridized carbons (Fsp3) is 0.647. The molecule has 0 aliphatic heterocycles. The standard InChI is InChI=1S/C17H28N2O2/c1-19(16-8-2-3-9-17(16)20)10-5-11-21-15-7-4-6-14(12-15)13-18/h4,6-7,12,16-17,20H,2-3,5,8-11,13,18H2,1H3. The number of aliphatic hydroxyl groups is 1. The quantitative estimate of drug-likeness (QED) is 0.756. The van der Waals surface area contributed by atoms with E-state index in [9.17, 15) is 5.11 Å². The Morgan fingerprint density at radius 1 is 1.33 bits per heavy atom. The Kier molecular flexibility index (Phi) is 6.49. The van der Waals surface area contributed by atoms with Gasteiger partial charge in [-0.15, -0.1) is 0 Å². The van der Waals surface area contributed by atoms with Crippen LogP contribution in [0.3, 0.4) is 0 Å². The summed E-state index contributed by atoms with van der Waals surface area (Å²) in [7, 11) is 2.11. The molecule has 0 spiro atoms. The van der Waals surface area contributed by atoms with Crippen LogP contribution in [-0.4, -0.2) is 42.4 Å². The second kappa shape index (κ2) is 8.37. The van der Waals surface area contributed by atoms with Crippen LogP contribution in [0.4, 0.5) is 0 Å². The summed E-state index contributed by atoms with van der Waals surface area (Å²) in [6.45, 7) is 2.19. The van der Waals surface area contributed by atoms with E-state index in [0.717, 1.165) is 43.5 Å². The van der Waals surface area contributed by atoms with E-state index in [1.807, 2.05) is 24.3 Å². The Bertz CT molecular complexity index is 425. The van der Waals surface area contributed by atoms with Gasteiger partial charge in [-0.2, -0.15) is 0 Å². The van der Waals surface area contributed by atoms with Crippen molar-refractivity contribution < 1.29 is 9.84 Å². The number of nitrogens with zero attached hydrogens (tertiary/aromatic N) is 1. The minimum atomic E-state index is -0.161. The van der Waals surface area contributed by atoms with E-state index < -0.39 is 0 Å². The molecule has 2 unspecified atom stereocenters. The van der Waals surface area contributed by atoms with Crippen molar-refractivity contribution >= 4 is 0 Å². The van der Waals surface area contributed by atoms with Crippen molar-refractivity contribution in [3.05, 3.63) is 29.8 Å². The molecule has 1 aromatic carbocycles. The highest BCUT2D eigenvalue weighted by Gasteiger charge is 2.25. The molecule has 2 rings (SSSR count). The number of rotatable bonds is 7. The highest BCUT2D eigenvalue weighted by atomic mass is 16.5. The van der Waals surface area contributed by atoms with E-state index in [-0.39, 0.29) is 6.10 Å². The number of likely N-dealkylation sites (N-methyl/N-ethyl adjacent to an activating group) is 1. The number of ether oxygens (including phenoxy) is 1. The van der Waals surface area contributed by atoms with Gasteiger partial charge >= 0.3 is 0 Å². The van der Waals surface area contributed by atoms with Crippen LogP contribution in [0, 0.1) is 0 Å². The van der Waals surface area contributed by atoms with Crippen LogP contribution < -0.4 is 10.5 Å². The Morgan fingerprint density at radius 2 is 2.14 bits per heavy atom. The van der Waals surface area contributed by atoms with Gasteiger partial charge in [-0.1, -0.05) is 25.0 Å². The van der Waals surface area contributed by atoms with Crippen molar-refractivity contribution in [3.8, 4) is 5.75 Å². The van der Waals surface area contributed by atoms with E-state index in [2.05, 4.69) is 11.9 Å². The lowest BCUT2D eigenvalue weighted by atomic mass is 9.91. The van der Waals surface area contributed by atoms with E-state index in [0.29, 0.717) is 19.2 Å². The minimum Gasteiger partial charge on any atom is -0.494 e. The minimum absolute atomic E-state index is 0.161. The van der Waals surface area contributed by atoms with E-state index in [1.165, 1.54) is 6.42 Å². The maximum atomic E-state index is 10.0. The predicted octanol–water partition coefficient (Wildman–Crippen LogP) is 2.15. The molecule has 3 N–H and O–H groups in total. The van der Waals surface area contributed by atoms with Crippen LogP contribution in [0.2, 0.25) is 0 Å². The molecule has 0 heterocycles. The van der Waals surface area contributed by atoms with Gasteiger partial charge in [0.15, 0.2) is 0 Å². The summed E-state index contributed by atoms with van der Waals surface area (Å²) in [4.78, 5) is 2.28. The van der Waals surface area contributed by atoms with Crippen molar-refractivity contribution in [2.45, 2.75) is 50.8 Å². The Hall–Kier alpha value is -1.10. The van der Waals surface area contributed by atoms with Crippen LogP contribution in [-0.2, 0) is 6.54 Å². The lowest BCUT2D eigenvalue weighted by Gasteiger charge is -2.35. The maximum absolute atomic E-state index is 10.0. The Morgan fingerprint density at radius 3 is 2.90 bits per heavy atom. The van der Waals surface area contributed by atoms with Crippen molar-refractivity contribution in [2.24, 2.45) is 5.73 Å². The number of hydrogen-bond acceptors (Lipinski definition) is 4. The first-order chi connectivity index (χ1) is 10.2. The zero-order valence-electron chi connectivity index (χ0n) is 13.0. The largest absolute Gasteiger partial charge is 0.494 e. The lowest BCUT2D eigenvalue weighted by molar-refractivity contribution is 0.0304. The van der Waals surface area contributed by atoms with Gasteiger partial charge in [0.05, 0.1) is 12.7 Å². The zero-order chi connectivity index (χ0) is 15.1. The fourth-order valence-electron chi connectivity index (χ4n) is 3.04. The molecule has 1 aliphatic carbocycles. The first-order valence-electron chi connectivity index (χ1n) is 8.01. The summed E-state index contributed by atoms with van der Waals surface area (Å²) in [6.07, 6.45) is 5.24. The summed E-state index contributed by atoms with van der Waals surface area (Å²) in [5.41, 5.74) is 6.72. The maximum Gasteiger partial charge on any atom is 0.119 e. The number of aliphatic hydroxyl groups excluding tert-OH is 1. The van der Waals surface area contributed by atoms with E-state index in [4.69, 9.17) is 10.5 Å². The first-order valence-corrected chi connectivity index (χ1v) is 8.01. The topological polar surface area (TPSA) is 58.7 Å². The van der Waals surface area contributed by atoms with Crippen molar-refractivity contribution in [1.29, 1.82) is 0 Å². The van der Waals surface area contributed by atoms with Crippen LogP contribution in [0.15, 0.2) is 24.3 Å². The normalized spacial score (nSPS) is 22.5. The van der Waals surface area contributed by atoms with Gasteiger partial charge in [-0.25, -0.2) is 0 Å². The molecular formula is C17H28N2O2. The van der Waals surface area contributed by atoms with Gasteiger partial charge in [0.1, 0.15) is 5.75 Å². The van der Waals surface area contributed by atoms with E-state index >= 15 is 0 Å². The van der Waals surface area contributed by atoms with Crippen molar-refractivity contribution in [3.63, 3.8) is 0 Å². The molecule has 1 aliphatic rings. The van der Waals surface area contributed by atoms with Gasteiger partial charge in [-0.3, -0.25) is 0 Å². The Labute approximate surface area is 127 Å². The molecule has 0 aromatic heterocycles. The number of benzene rings is 1. The smallest absolute Gasteiger partial charge is 0.119 e. The molecule has 118 valence electrons. The molecule has 1 aromatic rings. The highest BCUT2D eigenvalue weighted by molar-refractivity contribution is 5.28. The molecule has 21 heavy (non-hydrogen) atoms. The molecule has 0 saturated heterocycles. The van der Waals surface area contributed by atoms with Gasteiger partial charge in [-0.05, 0) is 44.0 Å². The van der Waals surface area contributed by atoms with Crippen LogP contribution in [0.1, 0.15) is 37.7 Å². The second-order valence-electron chi connectivity index (χ2n) is 5.95. The molecule has 0 bridgehead atoms. The number of nitrogens with two attached hydrogens (primary N) is 1. The monoisotopic (exact) mass is 292 g/mol. The molecule has 4 nitrogen and oxygen atoms in total. The molecule has 0 amide bonds. The van der Waals surface area contributed by atoms with Crippen LogP contribution in [0.25, 0.3) is 0 Å². The lowest BCUT2D eigenvalue weighted by Crippen LogP contribution is -2.43. The van der Waals surface area contributed by atoms with Crippen molar-refractivity contribution in [1.82, 2.24) is 4.90 Å². The van der Waals surface area contributed by atoms with E-state index in [1.54, 1.807) is 0 Å². The van der Waals surface area contributed by atoms with Crippen LogP contribution in [0.5, 0.6) is 5.75 Å². The van der Waals surface area contributed by atoms with Crippen molar-refractivity contribution in [2.75, 3.05) is 20.2 Å². The third kappa shape index (κ3) is 4.99. The molecule has 1 saturated carbocycles. The molecule has 1 fully saturated rings. The summed E-state index contributed by atoms with van der Waals surface area (Å²) in [5, 5.41) is 10.0. The van der Waals surface area contributed by atoms with Gasteiger partial charge in [0.25, 0.3) is 0 Å². The van der Waals surface area contributed by atoms with Gasteiger partial charge in [0, 0.05) is 19.1 Å². The van der Waals surface area contributed by atoms with Gasteiger partial charge < -0.3 is 20.5 Å². The summed E-state index contributed by atoms with van der Waals surface area (Å²) >= 11 is 0. The highest BCUT2D eigenvalue weighted by Crippen LogP contribution is 2.22. The molecular weight excluding hydrogens is 264 g/mol. The van der Waals surface area contributed by atoms with Crippen LogP contribution >= 0.6 is 0 Å². The molecule has 4 heteroatoms. The first kappa shape index (κ1) is 16.3. The summed E-state index contributed by atoms with van der Waals surface area (Å²) in [5.74, 6) is 0.887. The predicted molar refractivity (Wildman–Crippen MR) is 85.3 cm³/mol. The second-order valence-corrected chi connectivity index (χ2v) is 5.95. The fourth-order valence-corrected chi connectivity index (χ4v) is 3.04. The molecule has 0 radical (unpaired) electrons. The molecule has 2 atom stereocenters. The summed E-state index contributed by atoms with van der Waals surface area (Å²) < 4.78 is 5.77. The number of hydrogen-bond donors (Lipinski definition) is 2. The Balaban J connectivity index is 1.69. The van der Waals surface area contributed by atoms with Gasteiger partial charge in [0.2, 0.25) is 0 Å². The third-order valence-electron chi connectivity index (χ3n) is 4.32. The SMILES string of the molecule is CN(CCCOc1cccc(CN)c1)C1CCCCC1O. The third-order valence-corrected chi connectivity index (χ3v) is 4.32. The summed E-state index contributed by atoms with van der Waals surface area (Å²) in [6, 6.07) is 8.26. The zero-order valence-corrected chi connectivity index (χ0v) is 13.0.